The van der Waals surface area contributed by atoms with Crippen LogP contribution in [0.25, 0.3) is 0 Å². The molecule has 1 amide bonds. The first-order valence-corrected chi connectivity index (χ1v) is 9.45. The third kappa shape index (κ3) is 3.25. The van der Waals surface area contributed by atoms with E-state index in [1.54, 1.807) is 17.3 Å². The highest BCUT2D eigenvalue weighted by Crippen LogP contribution is 2.36. The summed E-state index contributed by atoms with van der Waals surface area (Å²) in [7, 11) is 0. The monoisotopic (exact) mass is 381 g/mol. The van der Waals surface area contributed by atoms with Crippen molar-refractivity contribution in [2.45, 2.75) is 12.7 Å². The largest absolute Gasteiger partial charge is 0.360 e. The minimum Gasteiger partial charge on any atom is -0.360 e. The van der Waals surface area contributed by atoms with E-state index >= 15 is 0 Å². The molecule has 142 valence electrons. The van der Waals surface area contributed by atoms with Gasteiger partial charge in [0, 0.05) is 35.5 Å². The molecule has 1 aliphatic rings. The molecule has 0 saturated carbocycles. The van der Waals surface area contributed by atoms with E-state index in [-0.39, 0.29) is 12.1 Å². The molecule has 29 heavy (non-hydrogen) atoms. The van der Waals surface area contributed by atoms with Crippen molar-refractivity contribution in [1.82, 2.24) is 14.8 Å². The van der Waals surface area contributed by atoms with Gasteiger partial charge in [0.2, 0.25) is 0 Å². The molecule has 3 heterocycles. The zero-order valence-electron chi connectivity index (χ0n) is 15.6. The maximum absolute atomic E-state index is 13.3. The van der Waals surface area contributed by atoms with Crippen molar-refractivity contribution in [2.75, 3.05) is 10.2 Å². The van der Waals surface area contributed by atoms with Crippen LogP contribution in [0.1, 0.15) is 27.7 Å². The number of carbonyl (C=O) groups is 1. The Morgan fingerprint density at radius 2 is 1.69 bits per heavy atom. The van der Waals surface area contributed by atoms with Gasteiger partial charge in [0.05, 0.1) is 18.3 Å². The van der Waals surface area contributed by atoms with E-state index in [1.807, 2.05) is 71.7 Å². The fourth-order valence-corrected chi connectivity index (χ4v) is 3.64. The molecule has 1 aliphatic heterocycles. The van der Waals surface area contributed by atoms with Gasteiger partial charge in [0.15, 0.2) is 0 Å². The zero-order valence-corrected chi connectivity index (χ0v) is 15.6. The van der Waals surface area contributed by atoms with Crippen LogP contribution in [0, 0.1) is 0 Å². The number of pyridine rings is 1. The van der Waals surface area contributed by atoms with Gasteiger partial charge in [0.1, 0.15) is 6.17 Å². The molecule has 1 atom stereocenters. The van der Waals surface area contributed by atoms with Crippen molar-refractivity contribution < 1.29 is 4.79 Å². The lowest BCUT2D eigenvalue weighted by Crippen LogP contribution is -2.43. The van der Waals surface area contributed by atoms with Gasteiger partial charge >= 0.3 is 0 Å². The highest BCUT2D eigenvalue weighted by Gasteiger charge is 2.34. The van der Waals surface area contributed by atoms with Gasteiger partial charge < -0.3 is 5.32 Å². The molecule has 0 unspecified atom stereocenters. The summed E-state index contributed by atoms with van der Waals surface area (Å²) in [6, 6.07) is 21.4. The molecule has 0 bridgehead atoms. The summed E-state index contributed by atoms with van der Waals surface area (Å²) < 4.78 is 1.89. The third-order valence-corrected chi connectivity index (χ3v) is 5.02. The van der Waals surface area contributed by atoms with E-state index in [9.17, 15) is 4.79 Å². The van der Waals surface area contributed by atoms with Crippen LogP contribution in [-0.2, 0) is 6.54 Å². The quantitative estimate of drug-likeness (QED) is 0.578. The molecule has 5 rings (SSSR count). The number of anilines is 2. The first-order chi connectivity index (χ1) is 14.3. The Morgan fingerprint density at radius 1 is 0.931 bits per heavy atom. The molecule has 0 saturated heterocycles. The fraction of sp³-hybridized carbons (Fsp3) is 0.0870. The van der Waals surface area contributed by atoms with Gasteiger partial charge in [-0.1, -0.05) is 42.5 Å². The normalized spacial score (nSPS) is 15.7. The van der Waals surface area contributed by atoms with E-state index in [0.29, 0.717) is 12.1 Å². The first-order valence-electron chi connectivity index (χ1n) is 9.45. The predicted molar refractivity (Wildman–Crippen MR) is 112 cm³/mol. The molecule has 0 aliphatic carbocycles. The first kappa shape index (κ1) is 17.2. The minimum absolute atomic E-state index is 0.0497. The number of nitrogens with zero attached hydrogens (tertiary/aromatic N) is 4. The van der Waals surface area contributed by atoms with E-state index in [1.165, 1.54) is 5.56 Å². The van der Waals surface area contributed by atoms with E-state index in [2.05, 4.69) is 27.5 Å². The molecule has 6 nitrogen and oxygen atoms in total. The Morgan fingerprint density at radius 3 is 2.52 bits per heavy atom. The number of carbonyl (C=O) groups excluding carboxylic acids is 1. The van der Waals surface area contributed by atoms with Crippen LogP contribution >= 0.6 is 0 Å². The summed E-state index contributed by atoms with van der Waals surface area (Å²) in [6.07, 6.45) is 6.83. The molecule has 0 spiro atoms. The Labute approximate surface area is 168 Å². The zero-order chi connectivity index (χ0) is 19.6. The summed E-state index contributed by atoms with van der Waals surface area (Å²) in [5.74, 6) is -0.0497. The van der Waals surface area contributed by atoms with Crippen molar-refractivity contribution in [1.29, 1.82) is 0 Å². The van der Waals surface area contributed by atoms with Crippen LogP contribution in [0.15, 0.2) is 91.5 Å². The second-order valence-electron chi connectivity index (χ2n) is 6.93. The number of nitrogens with one attached hydrogen (secondary N) is 1. The van der Waals surface area contributed by atoms with Crippen LogP contribution in [0.5, 0.6) is 0 Å². The molecular weight excluding hydrogens is 362 g/mol. The van der Waals surface area contributed by atoms with Crippen LogP contribution < -0.4 is 10.2 Å². The lowest BCUT2D eigenvalue weighted by Gasteiger charge is -2.37. The maximum Gasteiger partial charge on any atom is 0.262 e. The topological polar surface area (TPSA) is 63.1 Å². The lowest BCUT2D eigenvalue weighted by molar-refractivity contribution is 0.0975. The SMILES string of the molecule is O=C1c2ccccc2N[C@H](c2cnn(Cc3ccccc3)c2)N1c1ccncc1. The number of aromatic nitrogens is 3. The summed E-state index contributed by atoms with van der Waals surface area (Å²) in [6.45, 7) is 0.674. The standard InChI is InChI=1S/C23H19N5O/c29-23-20-8-4-5-9-21(20)26-22(28(23)19-10-12-24-13-11-19)18-14-25-27(16-18)15-17-6-2-1-3-7-17/h1-14,16,22,26H,15H2/t22-/m0/s1. The van der Waals surface area contributed by atoms with Gasteiger partial charge in [-0.25, -0.2) is 0 Å². The van der Waals surface area contributed by atoms with Crippen molar-refractivity contribution >= 4 is 17.3 Å². The van der Waals surface area contributed by atoms with Gasteiger partial charge in [-0.05, 0) is 29.8 Å². The molecule has 6 heteroatoms. The van der Waals surface area contributed by atoms with Crippen LogP contribution in [0.4, 0.5) is 11.4 Å². The summed E-state index contributed by atoms with van der Waals surface area (Å²) in [4.78, 5) is 19.2. The second kappa shape index (κ2) is 7.24. The van der Waals surface area contributed by atoms with Gasteiger partial charge in [-0.2, -0.15) is 5.10 Å². The molecular formula is C23H19N5O. The number of para-hydroxylation sites is 1. The lowest BCUT2D eigenvalue weighted by atomic mass is 10.0. The van der Waals surface area contributed by atoms with Crippen molar-refractivity contribution in [3.8, 4) is 0 Å². The van der Waals surface area contributed by atoms with Crippen molar-refractivity contribution in [3.63, 3.8) is 0 Å². The molecule has 0 radical (unpaired) electrons. The van der Waals surface area contributed by atoms with E-state index in [4.69, 9.17) is 0 Å². The van der Waals surface area contributed by atoms with Gasteiger partial charge in [-0.15, -0.1) is 0 Å². The number of amides is 1. The molecule has 4 aromatic rings. The Kier molecular flexibility index (Phi) is 4.29. The molecule has 0 fully saturated rings. The van der Waals surface area contributed by atoms with Crippen LogP contribution in [0.3, 0.4) is 0 Å². The Hall–Kier alpha value is -3.93. The molecule has 2 aromatic heterocycles. The average molecular weight is 381 g/mol. The highest BCUT2D eigenvalue weighted by molar-refractivity contribution is 6.12. The predicted octanol–water partition coefficient (Wildman–Crippen LogP) is 4.10. The smallest absolute Gasteiger partial charge is 0.262 e. The average Bonchev–Trinajstić information content (AvgIpc) is 3.23. The van der Waals surface area contributed by atoms with Gasteiger partial charge in [-0.3, -0.25) is 19.4 Å². The number of rotatable bonds is 4. The molecule has 1 N–H and O–H groups in total. The Bertz CT molecular complexity index is 1140. The number of hydrogen-bond donors (Lipinski definition) is 1. The highest BCUT2D eigenvalue weighted by atomic mass is 16.2. The van der Waals surface area contributed by atoms with E-state index < -0.39 is 0 Å². The van der Waals surface area contributed by atoms with Crippen molar-refractivity contribution in [3.05, 3.63) is 108 Å². The third-order valence-electron chi connectivity index (χ3n) is 5.02. The number of hydrogen-bond acceptors (Lipinski definition) is 4. The summed E-state index contributed by atoms with van der Waals surface area (Å²) in [5.41, 5.74) is 4.35. The Balaban J connectivity index is 1.53. The summed E-state index contributed by atoms with van der Waals surface area (Å²) in [5, 5.41) is 8.02. The molecule has 2 aromatic carbocycles. The number of fused-ring (bicyclic) bond motifs is 1. The van der Waals surface area contributed by atoms with Gasteiger partial charge in [0.25, 0.3) is 5.91 Å². The minimum atomic E-state index is -0.357. The second-order valence-corrected chi connectivity index (χ2v) is 6.93. The summed E-state index contributed by atoms with van der Waals surface area (Å²) >= 11 is 0. The maximum atomic E-state index is 13.3. The van der Waals surface area contributed by atoms with Crippen molar-refractivity contribution in [2.24, 2.45) is 0 Å². The van der Waals surface area contributed by atoms with E-state index in [0.717, 1.165) is 16.9 Å². The number of benzene rings is 2. The fourth-order valence-electron chi connectivity index (χ4n) is 3.64. The van der Waals surface area contributed by atoms with Crippen LogP contribution in [-0.4, -0.2) is 20.7 Å². The van der Waals surface area contributed by atoms with Crippen LogP contribution in [0.2, 0.25) is 0 Å².